The largest absolute Gasteiger partial charge is 0.505 e. The van der Waals surface area contributed by atoms with Gasteiger partial charge in [0.15, 0.2) is 0 Å². The van der Waals surface area contributed by atoms with Crippen molar-refractivity contribution in [1.29, 1.82) is 0 Å². The molecule has 0 atom stereocenters. The number of phenolic OH excluding ortho intramolecular Hbond substituents is 1. The van der Waals surface area contributed by atoms with Crippen LogP contribution in [0.5, 0.6) is 5.75 Å². The first-order valence-electron chi connectivity index (χ1n) is 15.3. The molecule has 0 amide bonds. The Kier molecular flexibility index (Phi) is 13.0. The van der Waals surface area contributed by atoms with E-state index < -0.39 is 0 Å². The van der Waals surface area contributed by atoms with Crippen molar-refractivity contribution in [2.75, 3.05) is 0 Å². The summed E-state index contributed by atoms with van der Waals surface area (Å²) < 4.78 is 0. The fourth-order valence-electron chi connectivity index (χ4n) is 5.27. The van der Waals surface area contributed by atoms with E-state index in [0.717, 1.165) is 41.5 Å². The fraction of sp³-hybridized carbons (Fsp3) is 0.636. The van der Waals surface area contributed by atoms with E-state index in [1.807, 2.05) is 6.07 Å². The van der Waals surface area contributed by atoms with E-state index in [1.54, 1.807) is 4.80 Å². The molecule has 0 bridgehead atoms. The minimum atomic E-state index is 0.347. The van der Waals surface area contributed by atoms with E-state index in [9.17, 15) is 5.11 Å². The van der Waals surface area contributed by atoms with E-state index in [0.29, 0.717) is 5.75 Å². The maximum absolute atomic E-state index is 11.3. The average molecular weight is 506 g/mol. The molecule has 204 valence electrons. The van der Waals surface area contributed by atoms with Gasteiger partial charge in [-0.2, -0.15) is 0 Å². The quantitative estimate of drug-likeness (QED) is 0.165. The zero-order valence-corrected chi connectivity index (χ0v) is 23.9. The Labute approximate surface area is 225 Å². The number of hydrogen-bond donors (Lipinski definition) is 1. The van der Waals surface area contributed by atoms with E-state index in [1.165, 1.54) is 107 Å². The fourth-order valence-corrected chi connectivity index (χ4v) is 5.27. The molecule has 0 saturated carbocycles. The minimum Gasteiger partial charge on any atom is -0.505 e. The van der Waals surface area contributed by atoms with Crippen LogP contribution < -0.4 is 0 Å². The normalized spacial score (nSPS) is 11.5. The Balaban J connectivity index is 1.65. The Morgan fingerprint density at radius 1 is 0.622 bits per heavy atom. The van der Waals surface area contributed by atoms with Gasteiger partial charge in [-0.15, -0.1) is 15.0 Å². The van der Waals surface area contributed by atoms with Gasteiger partial charge in [-0.1, -0.05) is 116 Å². The van der Waals surface area contributed by atoms with Crippen LogP contribution in [0.15, 0.2) is 30.3 Å². The van der Waals surface area contributed by atoms with Crippen LogP contribution in [0.1, 0.15) is 133 Å². The summed E-state index contributed by atoms with van der Waals surface area (Å²) in [7, 11) is 0. The molecule has 2 aromatic carbocycles. The Bertz CT molecular complexity index is 1060. The van der Waals surface area contributed by atoms with E-state index in [4.69, 9.17) is 10.2 Å². The summed E-state index contributed by atoms with van der Waals surface area (Å²) in [5, 5.41) is 20.7. The molecule has 0 spiro atoms. The monoisotopic (exact) mass is 505 g/mol. The highest BCUT2D eigenvalue weighted by Crippen LogP contribution is 2.30. The molecule has 3 rings (SSSR count). The second kappa shape index (κ2) is 16.5. The summed E-state index contributed by atoms with van der Waals surface area (Å²) >= 11 is 0. The van der Waals surface area contributed by atoms with Gasteiger partial charge in [-0.25, -0.2) is 0 Å². The Morgan fingerprint density at radius 2 is 1.16 bits per heavy atom. The van der Waals surface area contributed by atoms with Crippen LogP contribution in [-0.2, 0) is 12.8 Å². The van der Waals surface area contributed by atoms with Crippen LogP contribution in [0.25, 0.3) is 16.7 Å². The van der Waals surface area contributed by atoms with Gasteiger partial charge in [0.05, 0.1) is 0 Å². The first-order valence-corrected chi connectivity index (χ1v) is 15.3. The van der Waals surface area contributed by atoms with Crippen molar-refractivity contribution >= 4 is 11.0 Å². The first kappa shape index (κ1) is 29.2. The number of rotatable bonds is 19. The lowest BCUT2D eigenvalue weighted by atomic mass is 9.98. The van der Waals surface area contributed by atoms with E-state index >= 15 is 0 Å². The highest BCUT2D eigenvalue weighted by atomic mass is 16.3. The van der Waals surface area contributed by atoms with Crippen molar-refractivity contribution in [3.8, 4) is 11.4 Å². The van der Waals surface area contributed by atoms with Crippen LogP contribution in [0, 0.1) is 6.92 Å². The van der Waals surface area contributed by atoms with Gasteiger partial charge in [0.1, 0.15) is 22.5 Å². The number of fused-ring (bicyclic) bond motifs is 1. The third kappa shape index (κ3) is 9.79. The van der Waals surface area contributed by atoms with Crippen LogP contribution in [-0.4, -0.2) is 20.1 Å². The smallest absolute Gasteiger partial charge is 0.146 e. The van der Waals surface area contributed by atoms with Crippen molar-refractivity contribution in [2.45, 2.75) is 136 Å². The lowest BCUT2D eigenvalue weighted by Gasteiger charge is -2.13. The average Bonchev–Trinajstić information content (AvgIpc) is 3.31. The third-order valence-electron chi connectivity index (χ3n) is 7.60. The summed E-state index contributed by atoms with van der Waals surface area (Å²) in [6.07, 6.45) is 22.9. The SMILES string of the molecule is CCCCCCCCCCc1cc(CCCCCCCCCC)c(O)c(-n2nc3ccc(C)cc3n2)c1. The van der Waals surface area contributed by atoms with Crippen molar-refractivity contribution < 1.29 is 5.11 Å². The molecule has 0 aliphatic carbocycles. The molecule has 37 heavy (non-hydrogen) atoms. The highest BCUT2D eigenvalue weighted by Gasteiger charge is 2.15. The molecule has 1 N–H and O–H groups in total. The number of benzene rings is 2. The molecule has 4 nitrogen and oxygen atoms in total. The molecular formula is C33H51N3O. The number of aromatic nitrogens is 3. The molecule has 0 radical (unpaired) electrons. The standard InChI is InChI=1S/C33H51N3O/c1-4-6-8-10-12-14-16-18-20-28-25-29(21-19-17-15-13-11-9-7-5-2)33(37)32(26-28)36-34-30-23-22-27(3)24-31(30)35-36/h22-26,37H,4-21H2,1-3H3. The summed E-state index contributed by atoms with van der Waals surface area (Å²) in [5.41, 5.74) is 5.98. The summed E-state index contributed by atoms with van der Waals surface area (Å²) in [6, 6.07) is 10.5. The molecule has 3 aromatic rings. The molecule has 0 aliphatic rings. The van der Waals surface area contributed by atoms with Crippen LogP contribution in [0.2, 0.25) is 0 Å². The van der Waals surface area contributed by atoms with Crippen LogP contribution in [0.3, 0.4) is 0 Å². The second-order valence-corrected chi connectivity index (χ2v) is 11.1. The van der Waals surface area contributed by atoms with Gasteiger partial charge >= 0.3 is 0 Å². The first-order chi connectivity index (χ1) is 18.1. The number of aryl methyl sites for hydroxylation is 3. The van der Waals surface area contributed by atoms with Gasteiger partial charge < -0.3 is 5.11 Å². The second-order valence-electron chi connectivity index (χ2n) is 11.1. The zero-order chi connectivity index (χ0) is 26.3. The molecule has 1 heterocycles. The highest BCUT2D eigenvalue weighted by molar-refractivity contribution is 5.74. The molecule has 4 heteroatoms. The Hall–Kier alpha value is -2.36. The maximum atomic E-state index is 11.3. The predicted octanol–water partition coefficient (Wildman–Crippen LogP) is 9.80. The van der Waals surface area contributed by atoms with Gasteiger partial charge in [0.25, 0.3) is 0 Å². The van der Waals surface area contributed by atoms with Gasteiger partial charge in [-0.3, -0.25) is 0 Å². The maximum Gasteiger partial charge on any atom is 0.146 e. The zero-order valence-electron chi connectivity index (χ0n) is 23.9. The lowest BCUT2D eigenvalue weighted by molar-refractivity contribution is 0.458. The Morgan fingerprint density at radius 3 is 1.78 bits per heavy atom. The van der Waals surface area contributed by atoms with Gasteiger partial charge in [-0.05, 0) is 67.5 Å². The van der Waals surface area contributed by atoms with Crippen molar-refractivity contribution in [3.63, 3.8) is 0 Å². The third-order valence-corrected chi connectivity index (χ3v) is 7.60. The summed E-state index contributed by atoms with van der Waals surface area (Å²) in [5.74, 6) is 0.347. The van der Waals surface area contributed by atoms with Crippen LogP contribution in [0.4, 0.5) is 0 Å². The number of unbranched alkanes of at least 4 members (excludes halogenated alkanes) is 14. The number of nitrogens with zero attached hydrogens (tertiary/aromatic N) is 3. The summed E-state index contributed by atoms with van der Waals surface area (Å²) in [6.45, 7) is 6.62. The predicted molar refractivity (Wildman–Crippen MR) is 158 cm³/mol. The molecule has 0 unspecified atom stereocenters. The van der Waals surface area contributed by atoms with E-state index in [2.05, 4.69) is 45.0 Å². The minimum absolute atomic E-state index is 0.347. The van der Waals surface area contributed by atoms with Crippen molar-refractivity contribution in [3.05, 3.63) is 47.0 Å². The number of aromatic hydroxyl groups is 1. The number of hydrogen-bond acceptors (Lipinski definition) is 3. The molecule has 1 aromatic heterocycles. The summed E-state index contributed by atoms with van der Waals surface area (Å²) in [4.78, 5) is 1.65. The topological polar surface area (TPSA) is 50.9 Å². The van der Waals surface area contributed by atoms with Gasteiger partial charge in [0.2, 0.25) is 0 Å². The van der Waals surface area contributed by atoms with Gasteiger partial charge in [0, 0.05) is 0 Å². The molecule has 0 aliphatic heterocycles. The van der Waals surface area contributed by atoms with Crippen LogP contribution >= 0.6 is 0 Å². The van der Waals surface area contributed by atoms with E-state index in [-0.39, 0.29) is 0 Å². The molecule has 0 fully saturated rings. The van der Waals surface area contributed by atoms with Crippen molar-refractivity contribution in [2.24, 2.45) is 0 Å². The van der Waals surface area contributed by atoms with Crippen molar-refractivity contribution in [1.82, 2.24) is 15.0 Å². The number of phenols is 1. The molecule has 0 saturated heterocycles. The molecular weight excluding hydrogens is 454 g/mol. The lowest BCUT2D eigenvalue weighted by Crippen LogP contribution is -2.03.